The Hall–Kier alpha value is -3.86. The molecule has 0 aliphatic rings. The van der Waals surface area contributed by atoms with Crippen LogP contribution in [0.1, 0.15) is 41.5 Å². The van der Waals surface area contributed by atoms with Gasteiger partial charge in [0.2, 0.25) is 18.2 Å². The average molecular weight is 529 g/mol. The van der Waals surface area contributed by atoms with Gasteiger partial charge in [-0.15, -0.1) is 0 Å². The number of allylic oxidation sites excluding steroid dienone is 1. The van der Waals surface area contributed by atoms with Gasteiger partial charge in [0.1, 0.15) is 0 Å². The van der Waals surface area contributed by atoms with Gasteiger partial charge in [-0.1, -0.05) is 24.3 Å². The minimum atomic E-state index is -0.213. The van der Waals surface area contributed by atoms with Crippen LogP contribution >= 0.6 is 0 Å². The van der Waals surface area contributed by atoms with Crippen LogP contribution in [0.4, 0.5) is 11.4 Å². The van der Waals surface area contributed by atoms with Crippen LogP contribution in [-0.2, 0) is 19.1 Å². The summed E-state index contributed by atoms with van der Waals surface area (Å²) >= 11 is 0. The lowest BCUT2D eigenvalue weighted by Crippen LogP contribution is -2.30. The van der Waals surface area contributed by atoms with E-state index in [4.69, 9.17) is 9.47 Å². The molecule has 0 heterocycles. The molecule has 10 nitrogen and oxygen atoms in total. The number of nitrogens with one attached hydrogen (secondary N) is 2. The van der Waals surface area contributed by atoms with Crippen molar-refractivity contribution in [2.75, 3.05) is 53.0 Å². The van der Waals surface area contributed by atoms with Crippen molar-refractivity contribution in [2.45, 2.75) is 27.2 Å². The van der Waals surface area contributed by atoms with Crippen molar-refractivity contribution in [1.29, 1.82) is 0 Å². The van der Waals surface area contributed by atoms with Gasteiger partial charge >= 0.3 is 0 Å². The van der Waals surface area contributed by atoms with Gasteiger partial charge in [0.15, 0.2) is 11.6 Å². The molecule has 0 atom stereocenters. The Labute approximate surface area is 225 Å². The number of ketones is 2. The molecular formula is C28H40N4O6. The number of carbonyl (C=O) groups excluding carboxylic acids is 4. The zero-order valence-corrected chi connectivity index (χ0v) is 23.7. The molecule has 0 radical (unpaired) electrons. The summed E-state index contributed by atoms with van der Waals surface area (Å²) in [6.45, 7) is 4.35. The Morgan fingerprint density at radius 2 is 1.21 bits per heavy atom. The molecule has 2 aromatic rings. The number of nitrogens with zero attached hydrogens (tertiary/aromatic N) is 2. The lowest BCUT2D eigenvalue weighted by atomic mass is 10.1. The van der Waals surface area contributed by atoms with Crippen LogP contribution in [0.15, 0.2) is 60.8 Å². The molecule has 0 aromatic heterocycles. The smallest absolute Gasteiger partial charge is 0.221 e. The Morgan fingerprint density at radius 3 is 1.55 bits per heavy atom. The topological polar surface area (TPSA) is 117 Å². The second-order valence-corrected chi connectivity index (χ2v) is 8.47. The average Bonchev–Trinajstić information content (AvgIpc) is 2.83. The fourth-order valence-electron chi connectivity index (χ4n) is 2.80. The summed E-state index contributed by atoms with van der Waals surface area (Å²) in [7, 11) is 10.7. The summed E-state index contributed by atoms with van der Waals surface area (Å²) in [5.74, 6) is -0.391. The minimum Gasteiger partial charge on any atom is -0.383 e. The van der Waals surface area contributed by atoms with E-state index >= 15 is 0 Å². The molecule has 0 spiro atoms. The molecule has 10 heteroatoms. The summed E-state index contributed by atoms with van der Waals surface area (Å²) in [6, 6.07) is 13.7. The van der Waals surface area contributed by atoms with Crippen molar-refractivity contribution in [1.82, 2.24) is 9.80 Å². The van der Waals surface area contributed by atoms with Gasteiger partial charge in [0.05, 0.1) is 0 Å². The number of rotatable bonds is 9. The molecule has 0 fully saturated rings. The lowest BCUT2D eigenvalue weighted by molar-refractivity contribution is -0.179. The van der Waals surface area contributed by atoms with Crippen molar-refractivity contribution in [3.63, 3.8) is 0 Å². The zero-order chi connectivity index (χ0) is 29.3. The van der Waals surface area contributed by atoms with E-state index < -0.39 is 0 Å². The molecular weight excluding hydrogens is 488 g/mol. The third-order valence-electron chi connectivity index (χ3n) is 4.41. The highest BCUT2D eigenvalue weighted by atomic mass is 16.7. The zero-order valence-electron chi connectivity index (χ0n) is 23.7. The molecule has 38 heavy (non-hydrogen) atoms. The first-order chi connectivity index (χ1) is 17.8. The largest absolute Gasteiger partial charge is 0.383 e. The van der Waals surface area contributed by atoms with Gasteiger partial charge in [-0.2, -0.15) is 0 Å². The third kappa shape index (κ3) is 15.3. The number of methoxy groups -OCH3 is 2. The van der Waals surface area contributed by atoms with Crippen LogP contribution in [-0.4, -0.2) is 82.0 Å². The summed E-state index contributed by atoms with van der Waals surface area (Å²) in [5.41, 5.74) is 2.43. The molecule has 2 amide bonds. The van der Waals surface area contributed by atoms with E-state index in [2.05, 4.69) is 10.6 Å². The Kier molecular flexibility index (Phi) is 16.5. The maximum absolute atomic E-state index is 11.8. The second-order valence-electron chi connectivity index (χ2n) is 8.47. The summed E-state index contributed by atoms with van der Waals surface area (Å²) in [4.78, 5) is 47.9. The second kappa shape index (κ2) is 18.4. The van der Waals surface area contributed by atoms with Crippen LogP contribution in [0.25, 0.3) is 0 Å². The predicted molar refractivity (Wildman–Crippen MR) is 150 cm³/mol. The van der Waals surface area contributed by atoms with Gasteiger partial charge in [-0.05, 0) is 45.3 Å². The van der Waals surface area contributed by atoms with Gasteiger partial charge < -0.3 is 25.0 Å². The number of anilines is 2. The summed E-state index contributed by atoms with van der Waals surface area (Å²) in [6.07, 6.45) is 2.97. The number of hydrogen-bond acceptors (Lipinski definition) is 8. The van der Waals surface area contributed by atoms with Gasteiger partial charge in [-0.25, -0.2) is 0 Å². The van der Waals surface area contributed by atoms with Crippen LogP contribution < -0.4 is 10.6 Å². The molecule has 0 unspecified atom stereocenters. The highest BCUT2D eigenvalue weighted by molar-refractivity contribution is 6.05. The molecule has 0 aliphatic carbocycles. The molecule has 2 N–H and O–H groups in total. The molecule has 0 saturated heterocycles. The molecule has 2 aromatic carbocycles. The molecule has 0 bridgehead atoms. The highest BCUT2D eigenvalue weighted by Gasteiger charge is 2.05. The van der Waals surface area contributed by atoms with Crippen molar-refractivity contribution in [3.8, 4) is 0 Å². The van der Waals surface area contributed by atoms with E-state index in [1.807, 2.05) is 33.1 Å². The monoisotopic (exact) mass is 528 g/mol. The summed E-state index contributed by atoms with van der Waals surface area (Å²) < 4.78 is 9.73. The molecule has 2 rings (SSSR count). The first kappa shape index (κ1) is 34.1. The van der Waals surface area contributed by atoms with E-state index in [0.29, 0.717) is 22.5 Å². The maximum atomic E-state index is 11.8. The molecule has 0 saturated carbocycles. The van der Waals surface area contributed by atoms with Gasteiger partial charge in [0.25, 0.3) is 0 Å². The van der Waals surface area contributed by atoms with Crippen molar-refractivity contribution in [2.24, 2.45) is 0 Å². The fourth-order valence-corrected chi connectivity index (χ4v) is 2.80. The van der Waals surface area contributed by atoms with Crippen LogP contribution in [0.5, 0.6) is 0 Å². The standard InChI is InChI=1S/C13H16N2O2.C10H11NO2.C5H13NO2/c1-10(16)14-12-6-4-5-11(9-12)13(17)7-8-15(2)3;1-7(12)9-4-3-5-10(6-9)11-8(2)13;1-6(2)5(7-3)8-4/h4-9H,1-3H3,(H,14,16);3-6H,1-2H3,(H,11,13);5H,1-4H3/b8-7+;;. The summed E-state index contributed by atoms with van der Waals surface area (Å²) in [5, 5.41) is 5.25. The van der Waals surface area contributed by atoms with Crippen molar-refractivity contribution < 1.29 is 28.7 Å². The first-order valence-corrected chi connectivity index (χ1v) is 11.7. The van der Waals surface area contributed by atoms with Crippen LogP contribution in [0.2, 0.25) is 0 Å². The SMILES string of the molecule is CC(=O)Nc1cccc(C(=O)/C=C/N(C)C)c1.CC(=O)Nc1cccc(C(C)=O)c1.COC(OC)N(C)C. The van der Waals surface area contributed by atoms with Gasteiger partial charge in [-0.3, -0.25) is 24.1 Å². The predicted octanol–water partition coefficient (Wildman–Crippen LogP) is 3.88. The first-order valence-electron chi connectivity index (χ1n) is 11.7. The number of hydrogen-bond donors (Lipinski definition) is 2. The van der Waals surface area contributed by atoms with E-state index in [0.717, 1.165) is 0 Å². The fraction of sp³-hybridized carbons (Fsp3) is 0.357. The Morgan fingerprint density at radius 1 is 0.763 bits per heavy atom. The normalized spacial score (nSPS) is 10.2. The van der Waals surface area contributed by atoms with Crippen LogP contribution in [0, 0.1) is 0 Å². The number of ether oxygens (including phenoxy) is 2. The number of benzene rings is 2. The minimum absolute atomic E-state index is 0.00722. The van der Waals surface area contributed by atoms with E-state index in [9.17, 15) is 19.2 Å². The van der Waals surface area contributed by atoms with E-state index in [1.165, 1.54) is 26.8 Å². The van der Waals surface area contributed by atoms with Crippen LogP contribution in [0.3, 0.4) is 0 Å². The van der Waals surface area contributed by atoms with Gasteiger partial charge in [0, 0.05) is 76.9 Å². The third-order valence-corrected chi connectivity index (χ3v) is 4.41. The lowest BCUT2D eigenvalue weighted by Gasteiger charge is -2.19. The Bertz CT molecular complexity index is 1080. The van der Waals surface area contributed by atoms with Crippen molar-refractivity contribution >= 4 is 34.8 Å². The van der Waals surface area contributed by atoms with E-state index in [-0.39, 0.29) is 29.8 Å². The number of carbonyl (C=O) groups is 4. The molecule has 0 aliphatic heterocycles. The number of amides is 2. The van der Waals surface area contributed by atoms with Crippen molar-refractivity contribution in [3.05, 3.63) is 71.9 Å². The highest BCUT2D eigenvalue weighted by Crippen LogP contribution is 2.12. The van der Waals surface area contributed by atoms with E-state index in [1.54, 1.807) is 73.9 Å². The number of Topliss-reactive ketones (excluding diaryl/α,β-unsaturated/α-hetero) is 1. The quantitative estimate of drug-likeness (QED) is 0.286. The molecule has 208 valence electrons. The Balaban J connectivity index is 0.000000578. The maximum Gasteiger partial charge on any atom is 0.221 e.